The van der Waals surface area contributed by atoms with E-state index < -0.39 is 0 Å². The zero-order valence-electron chi connectivity index (χ0n) is 13.5. The molecule has 0 aromatic carbocycles. The van der Waals surface area contributed by atoms with Crippen LogP contribution in [0.2, 0.25) is 0 Å². The number of carbonyl (C=O) groups is 1. The van der Waals surface area contributed by atoms with Gasteiger partial charge < -0.3 is 0 Å². The SMILES string of the molecule is CCCC1CCC(CCCCC2CCCCC2=O)CC1. The maximum atomic E-state index is 11.8. The summed E-state index contributed by atoms with van der Waals surface area (Å²) in [6.07, 6.45) is 18.5. The van der Waals surface area contributed by atoms with Crippen molar-refractivity contribution in [1.29, 1.82) is 0 Å². The number of unbranched alkanes of at least 4 members (excludes halogenated alkanes) is 1. The Hall–Kier alpha value is -0.330. The Balaban J connectivity index is 1.52. The molecule has 2 saturated carbocycles. The van der Waals surface area contributed by atoms with Crippen LogP contribution >= 0.6 is 0 Å². The minimum atomic E-state index is 0.434. The van der Waals surface area contributed by atoms with Crippen LogP contribution in [0, 0.1) is 17.8 Å². The summed E-state index contributed by atoms with van der Waals surface area (Å²) in [7, 11) is 0. The molecule has 0 radical (unpaired) electrons. The van der Waals surface area contributed by atoms with Crippen LogP contribution in [0.4, 0.5) is 0 Å². The molecule has 0 bridgehead atoms. The predicted molar refractivity (Wildman–Crippen MR) is 85.8 cm³/mol. The molecule has 0 saturated heterocycles. The Labute approximate surface area is 125 Å². The topological polar surface area (TPSA) is 17.1 Å². The largest absolute Gasteiger partial charge is 0.299 e. The van der Waals surface area contributed by atoms with Crippen molar-refractivity contribution < 1.29 is 4.79 Å². The highest BCUT2D eigenvalue weighted by Gasteiger charge is 2.22. The molecule has 2 rings (SSSR count). The highest BCUT2D eigenvalue weighted by atomic mass is 16.1. The molecule has 0 heterocycles. The molecule has 20 heavy (non-hydrogen) atoms. The van der Waals surface area contributed by atoms with Gasteiger partial charge in [0.2, 0.25) is 0 Å². The minimum Gasteiger partial charge on any atom is -0.299 e. The van der Waals surface area contributed by atoms with Crippen molar-refractivity contribution in [1.82, 2.24) is 0 Å². The van der Waals surface area contributed by atoms with Crippen LogP contribution in [0.1, 0.15) is 96.8 Å². The summed E-state index contributed by atoms with van der Waals surface area (Å²) >= 11 is 0. The third-order valence-electron chi connectivity index (χ3n) is 5.76. The summed E-state index contributed by atoms with van der Waals surface area (Å²) in [5, 5.41) is 0. The van der Waals surface area contributed by atoms with Gasteiger partial charge in [-0.2, -0.15) is 0 Å². The van der Waals surface area contributed by atoms with Crippen molar-refractivity contribution in [3.8, 4) is 0 Å². The Morgan fingerprint density at radius 2 is 1.50 bits per heavy atom. The maximum absolute atomic E-state index is 11.8. The highest BCUT2D eigenvalue weighted by molar-refractivity contribution is 5.81. The third-order valence-corrected chi connectivity index (χ3v) is 5.76. The molecule has 0 aliphatic heterocycles. The number of hydrogen-bond donors (Lipinski definition) is 0. The molecule has 1 heteroatoms. The summed E-state index contributed by atoms with van der Waals surface area (Å²) in [5.41, 5.74) is 0. The lowest BCUT2D eigenvalue weighted by atomic mass is 9.78. The van der Waals surface area contributed by atoms with Gasteiger partial charge in [0.1, 0.15) is 5.78 Å². The second-order valence-electron chi connectivity index (χ2n) is 7.37. The predicted octanol–water partition coefficient (Wildman–Crippen LogP) is 5.91. The van der Waals surface area contributed by atoms with Crippen molar-refractivity contribution in [2.75, 3.05) is 0 Å². The summed E-state index contributed by atoms with van der Waals surface area (Å²) in [6.45, 7) is 2.32. The first kappa shape index (κ1) is 16.0. The first-order chi connectivity index (χ1) is 9.79. The molecular weight excluding hydrogens is 244 g/mol. The van der Waals surface area contributed by atoms with Crippen molar-refractivity contribution >= 4 is 5.78 Å². The second-order valence-corrected chi connectivity index (χ2v) is 7.37. The fourth-order valence-corrected chi connectivity index (χ4v) is 4.40. The maximum Gasteiger partial charge on any atom is 0.135 e. The lowest BCUT2D eigenvalue weighted by Crippen LogP contribution is -2.19. The smallest absolute Gasteiger partial charge is 0.135 e. The van der Waals surface area contributed by atoms with Gasteiger partial charge in [0.05, 0.1) is 0 Å². The fourth-order valence-electron chi connectivity index (χ4n) is 4.40. The van der Waals surface area contributed by atoms with Gasteiger partial charge in [0.25, 0.3) is 0 Å². The van der Waals surface area contributed by atoms with E-state index in [-0.39, 0.29) is 0 Å². The molecule has 0 spiro atoms. The van der Waals surface area contributed by atoms with E-state index >= 15 is 0 Å². The molecule has 2 aliphatic rings. The molecule has 0 aromatic heterocycles. The summed E-state index contributed by atoms with van der Waals surface area (Å²) in [5.74, 6) is 3.04. The highest BCUT2D eigenvalue weighted by Crippen LogP contribution is 2.34. The summed E-state index contributed by atoms with van der Waals surface area (Å²) < 4.78 is 0. The van der Waals surface area contributed by atoms with E-state index in [0.717, 1.165) is 24.7 Å². The van der Waals surface area contributed by atoms with Gasteiger partial charge in [-0.15, -0.1) is 0 Å². The zero-order valence-corrected chi connectivity index (χ0v) is 13.5. The van der Waals surface area contributed by atoms with Gasteiger partial charge in [-0.25, -0.2) is 0 Å². The number of ketones is 1. The third kappa shape index (κ3) is 5.22. The van der Waals surface area contributed by atoms with Crippen molar-refractivity contribution in [3.05, 3.63) is 0 Å². The average Bonchev–Trinajstić information content (AvgIpc) is 2.47. The lowest BCUT2D eigenvalue weighted by molar-refractivity contribution is -0.124. The van der Waals surface area contributed by atoms with Crippen LogP contribution in [-0.4, -0.2) is 5.78 Å². The minimum absolute atomic E-state index is 0.434. The van der Waals surface area contributed by atoms with Crippen LogP contribution < -0.4 is 0 Å². The monoisotopic (exact) mass is 278 g/mol. The Morgan fingerprint density at radius 3 is 2.15 bits per heavy atom. The van der Waals surface area contributed by atoms with E-state index in [1.54, 1.807) is 0 Å². The summed E-state index contributed by atoms with van der Waals surface area (Å²) in [6, 6.07) is 0. The Morgan fingerprint density at radius 1 is 0.850 bits per heavy atom. The van der Waals surface area contributed by atoms with Crippen LogP contribution in [0.5, 0.6) is 0 Å². The molecule has 0 aromatic rings. The molecular formula is C19H34O. The number of carbonyl (C=O) groups excluding carboxylic acids is 1. The van der Waals surface area contributed by atoms with Crippen LogP contribution in [0.3, 0.4) is 0 Å². The Kier molecular flexibility index (Phi) is 7.10. The van der Waals surface area contributed by atoms with Gasteiger partial charge in [-0.1, -0.05) is 71.1 Å². The summed E-state index contributed by atoms with van der Waals surface area (Å²) in [4.78, 5) is 11.8. The first-order valence-corrected chi connectivity index (χ1v) is 9.32. The molecule has 2 fully saturated rings. The van der Waals surface area contributed by atoms with E-state index in [1.807, 2.05) is 0 Å². The quantitative estimate of drug-likeness (QED) is 0.529. The Bertz CT molecular complexity index is 275. The van der Waals surface area contributed by atoms with E-state index in [2.05, 4.69) is 6.92 Å². The standard InChI is InChI=1S/C19H34O/c1-2-7-16-12-14-17(15-13-16)8-3-4-9-18-10-5-6-11-19(18)20/h16-18H,2-15H2,1H3. The number of rotatable bonds is 7. The molecule has 0 N–H and O–H groups in total. The fraction of sp³-hybridized carbons (Fsp3) is 0.947. The molecule has 2 aliphatic carbocycles. The number of Topliss-reactive ketones (excluding diaryl/α,β-unsaturated/α-hetero) is 1. The average molecular weight is 278 g/mol. The van der Waals surface area contributed by atoms with Gasteiger partial charge in [0, 0.05) is 12.3 Å². The molecule has 1 unspecified atom stereocenters. The van der Waals surface area contributed by atoms with Crippen LogP contribution in [0.15, 0.2) is 0 Å². The number of hydrogen-bond acceptors (Lipinski definition) is 1. The second kappa shape index (κ2) is 8.85. The lowest BCUT2D eigenvalue weighted by Gasteiger charge is -2.28. The van der Waals surface area contributed by atoms with Gasteiger partial charge in [0.15, 0.2) is 0 Å². The first-order valence-electron chi connectivity index (χ1n) is 9.32. The van der Waals surface area contributed by atoms with Gasteiger partial charge in [-0.3, -0.25) is 4.79 Å². The van der Waals surface area contributed by atoms with Crippen molar-refractivity contribution in [3.63, 3.8) is 0 Å². The zero-order chi connectivity index (χ0) is 14.2. The van der Waals surface area contributed by atoms with E-state index in [9.17, 15) is 4.79 Å². The van der Waals surface area contributed by atoms with Crippen LogP contribution in [-0.2, 0) is 4.79 Å². The van der Waals surface area contributed by atoms with Gasteiger partial charge in [-0.05, 0) is 31.1 Å². The van der Waals surface area contributed by atoms with E-state index in [1.165, 1.54) is 77.0 Å². The van der Waals surface area contributed by atoms with E-state index in [4.69, 9.17) is 0 Å². The molecule has 1 nitrogen and oxygen atoms in total. The molecule has 116 valence electrons. The normalized spacial score (nSPS) is 31.4. The van der Waals surface area contributed by atoms with Crippen molar-refractivity contribution in [2.45, 2.75) is 96.8 Å². The van der Waals surface area contributed by atoms with Crippen LogP contribution in [0.25, 0.3) is 0 Å². The molecule has 0 amide bonds. The van der Waals surface area contributed by atoms with E-state index in [0.29, 0.717) is 11.7 Å². The molecule has 1 atom stereocenters. The van der Waals surface area contributed by atoms with Crippen molar-refractivity contribution in [2.24, 2.45) is 17.8 Å². The van der Waals surface area contributed by atoms with Gasteiger partial charge >= 0.3 is 0 Å².